The Morgan fingerprint density at radius 3 is 2.54 bits per heavy atom. The van der Waals surface area contributed by atoms with E-state index in [1.807, 2.05) is 0 Å². The van der Waals surface area contributed by atoms with Gasteiger partial charge in [0.1, 0.15) is 5.75 Å². The maximum absolute atomic E-state index is 12.4. The standard InChI is InChI=1S/C17H27F3N4O3S/c1-4-28(25,26)24-9-5-8-22-16(21-3)23-11-14-7-6-13(2)10-15(14)27-12-17(18,19)20/h6-7,10,24H,4-5,8-9,11-12H2,1-3H3,(H2,21,22,23). The van der Waals surface area contributed by atoms with Crippen LogP contribution in [0.3, 0.4) is 0 Å². The molecular formula is C17H27F3N4O3S. The predicted octanol–water partition coefficient (Wildman–Crippen LogP) is 1.93. The highest BCUT2D eigenvalue weighted by molar-refractivity contribution is 7.89. The number of aliphatic imine (C=N–C) groups is 1. The molecule has 1 aromatic rings. The summed E-state index contributed by atoms with van der Waals surface area (Å²) in [6, 6.07) is 5.03. The molecular weight excluding hydrogens is 397 g/mol. The van der Waals surface area contributed by atoms with E-state index in [0.29, 0.717) is 31.0 Å². The quantitative estimate of drug-likeness (QED) is 0.303. The molecule has 0 amide bonds. The minimum absolute atomic E-state index is 0.0267. The third-order valence-corrected chi connectivity index (χ3v) is 5.04. The van der Waals surface area contributed by atoms with Crippen LogP contribution in [0.2, 0.25) is 0 Å². The summed E-state index contributed by atoms with van der Waals surface area (Å²) in [4.78, 5) is 4.03. The minimum atomic E-state index is -4.41. The largest absolute Gasteiger partial charge is 0.484 e. The van der Waals surface area contributed by atoms with Crippen molar-refractivity contribution >= 4 is 16.0 Å². The zero-order valence-electron chi connectivity index (χ0n) is 16.2. The van der Waals surface area contributed by atoms with Crippen molar-refractivity contribution in [2.75, 3.05) is 32.5 Å². The van der Waals surface area contributed by atoms with Crippen LogP contribution in [0.15, 0.2) is 23.2 Å². The minimum Gasteiger partial charge on any atom is -0.484 e. The second-order valence-electron chi connectivity index (χ2n) is 6.02. The Balaban J connectivity index is 2.52. The first kappa shape index (κ1) is 24.0. The predicted molar refractivity (Wildman–Crippen MR) is 103 cm³/mol. The topological polar surface area (TPSA) is 91.8 Å². The molecule has 0 aromatic heterocycles. The second kappa shape index (κ2) is 11.1. The van der Waals surface area contributed by atoms with Gasteiger partial charge in [-0.3, -0.25) is 4.99 Å². The number of nitrogens with zero attached hydrogens (tertiary/aromatic N) is 1. The molecule has 7 nitrogen and oxygen atoms in total. The van der Waals surface area contributed by atoms with Crippen LogP contribution < -0.4 is 20.1 Å². The average molecular weight is 424 g/mol. The summed E-state index contributed by atoms with van der Waals surface area (Å²) in [5.74, 6) is 0.633. The molecule has 0 aliphatic carbocycles. The van der Waals surface area contributed by atoms with E-state index in [-0.39, 0.29) is 18.0 Å². The summed E-state index contributed by atoms with van der Waals surface area (Å²) in [5.41, 5.74) is 1.35. The van der Waals surface area contributed by atoms with Gasteiger partial charge in [0.15, 0.2) is 12.6 Å². The number of sulfonamides is 1. The Labute approximate surface area is 163 Å². The SMILES string of the molecule is CCS(=O)(=O)NCCCNC(=NC)NCc1ccc(C)cc1OCC(F)(F)F. The summed E-state index contributed by atoms with van der Waals surface area (Å²) in [6.07, 6.45) is -3.87. The molecule has 3 N–H and O–H groups in total. The van der Waals surface area contributed by atoms with Gasteiger partial charge < -0.3 is 15.4 Å². The van der Waals surface area contributed by atoms with E-state index >= 15 is 0 Å². The lowest BCUT2D eigenvalue weighted by Gasteiger charge is -2.16. The van der Waals surface area contributed by atoms with Crippen LogP contribution in [0, 0.1) is 6.92 Å². The normalized spacial score (nSPS) is 12.7. The third kappa shape index (κ3) is 9.79. The number of benzene rings is 1. The van der Waals surface area contributed by atoms with Gasteiger partial charge in [0.2, 0.25) is 10.0 Å². The molecule has 0 heterocycles. The van der Waals surface area contributed by atoms with Gasteiger partial charge in [-0.25, -0.2) is 13.1 Å². The smallest absolute Gasteiger partial charge is 0.422 e. The van der Waals surface area contributed by atoms with Gasteiger partial charge in [-0.05, 0) is 31.9 Å². The zero-order valence-corrected chi connectivity index (χ0v) is 17.0. The van der Waals surface area contributed by atoms with E-state index in [4.69, 9.17) is 4.74 Å². The van der Waals surface area contributed by atoms with Crippen molar-refractivity contribution < 1.29 is 26.3 Å². The van der Waals surface area contributed by atoms with Gasteiger partial charge in [-0.1, -0.05) is 12.1 Å². The number of nitrogens with one attached hydrogen (secondary N) is 3. The van der Waals surface area contributed by atoms with E-state index in [1.165, 1.54) is 0 Å². The molecule has 0 spiro atoms. The Morgan fingerprint density at radius 2 is 1.93 bits per heavy atom. The van der Waals surface area contributed by atoms with Crippen LogP contribution in [0.5, 0.6) is 5.75 Å². The van der Waals surface area contributed by atoms with Crippen molar-refractivity contribution in [3.05, 3.63) is 29.3 Å². The molecule has 0 aliphatic heterocycles. The van der Waals surface area contributed by atoms with E-state index in [9.17, 15) is 21.6 Å². The van der Waals surface area contributed by atoms with Gasteiger partial charge in [0.25, 0.3) is 0 Å². The third-order valence-electron chi connectivity index (χ3n) is 3.63. The molecule has 0 atom stereocenters. The Bertz CT molecular complexity index is 753. The van der Waals surface area contributed by atoms with Crippen molar-refractivity contribution in [1.29, 1.82) is 0 Å². The number of hydrogen-bond donors (Lipinski definition) is 3. The van der Waals surface area contributed by atoms with Gasteiger partial charge in [-0.15, -0.1) is 0 Å². The lowest BCUT2D eigenvalue weighted by atomic mass is 10.1. The fraction of sp³-hybridized carbons (Fsp3) is 0.588. The zero-order chi connectivity index (χ0) is 21.2. The fourth-order valence-corrected chi connectivity index (χ4v) is 2.79. The monoisotopic (exact) mass is 424 g/mol. The molecule has 11 heteroatoms. The summed E-state index contributed by atoms with van der Waals surface area (Å²) in [6.45, 7) is 2.96. The van der Waals surface area contributed by atoms with Crippen molar-refractivity contribution in [3.8, 4) is 5.75 Å². The first-order valence-corrected chi connectivity index (χ1v) is 10.4. The first-order chi connectivity index (χ1) is 13.1. The van der Waals surface area contributed by atoms with Gasteiger partial charge in [-0.2, -0.15) is 13.2 Å². The molecule has 1 rings (SSSR count). The average Bonchev–Trinajstić information content (AvgIpc) is 2.62. The van der Waals surface area contributed by atoms with E-state index in [2.05, 4.69) is 20.3 Å². The van der Waals surface area contributed by atoms with Crippen LogP contribution in [0.1, 0.15) is 24.5 Å². The summed E-state index contributed by atoms with van der Waals surface area (Å²) in [7, 11) is -1.65. The van der Waals surface area contributed by atoms with Gasteiger partial charge in [0.05, 0.1) is 5.75 Å². The molecule has 1 aromatic carbocycles. The molecule has 0 radical (unpaired) electrons. The van der Waals surface area contributed by atoms with Crippen molar-refractivity contribution in [2.24, 2.45) is 4.99 Å². The van der Waals surface area contributed by atoms with Crippen molar-refractivity contribution in [3.63, 3.8) is 0 Å². The summed E-state index contributed by atoms with van der Waals surface area (Å²) < 4.78 is 67.3. The fourth-order valence-electron chi connectivity index (χ4n) is 2.13. The van der Waals surface area contributed by atoms with E-state index in [1.54, 1.807) is 39.1 Å². The highest BCUT2D eigenvalue weighted by Crippen LogP contribution is 2.23. The highest BCUT2D eigenvalue weighted by Gasteiger charge is 2.28. The number of guanidine groups is 1. The Kier molecular flexibility index (Phi) is 9.53. The number of alkyl halides is 3. The molecule has 0 fully saturated rings. The lowest BCUT2D eigenvalue weighted by Crippen LogP contribution is -2.38. The second-order valence-corrected chi connectivity index (χ2v) is 8.11. The Hall–Kier alpha value is -2.01. The van der Waals surface area contributed by atoms with E-state index < -0.39 is 22.8 Å². The molecule has 0 saturated heterocycles. The Morgan fingerprint density at radius 1 is 1.21 bits per heavy atom. The number of ether oxygens (including phenoxy) is 1. The molecule has 28 heavy (non-hydrogen) atoms. The molecule has 0 saturated carbocycles. The van der Waals surface area contributed by atoms with E-state index in [0.717, 1.165) is 5.56 Å². The summed E-state index contributed by atoms with van der Waals surface area (Å²) >= 11 is 0. The van der Waals surface area contributed by atoms with Crippen LogP contribution in [0.25, 0.3) is 0 Å². The number of aryl methyl sites for hydroxylation is 1. The van der Waals surface area contributed by atoms with Crippen LogP contribution in [0.4, 0.5) is 13.2 Å². The maximum Gasteiger partial charge on any atom is 0.422 e. The molecule has 160 valence electrons. The number of rotatable bonds is 10. The van der Waals surface area contributed by atoms with Crippen molar-refractivity contribution in [1.82, 2.24) is 15.4 Å². The number of halogens is 3. The van der Waals surface area contributed by atoms with Gasteiger partial charge in [0, 0.05) is 32.2 Å². The first-order valence-electron chi connectivity index (χ1n) is 8.77. The van der Waals surface area contributed by atoms with Gasteiger partial charge >= 0.3 is 6.18 Å². The number of hydrogen-bond acceptors (Lipinski definition) is 4. The molecule has 0 unspecified atom stereocenters. The summed E-state index contributed by atoms with van der Waals surface area (Å²) in [5, 5.41) is 6.01. The maximum atomic E-state index is 12.4. The highest BCUT2D eigenvalue weighted by atomic mass is 32.2. The van der Waals surface area contributed by atoms with Crippen LogP contribution in [-0.4, -0.2) is 53.1 Å². The molecule has 0 bridgehead atoms. The van der Waals surface area contributed by atoms with Crippen LogP contribution >= 0.6 is 0 Å². The molecule has 0 aliphatic rings. The van der Waals surface area contributed by atoms with Crippen molar-refractivity contribution in [2.45, 2.75) is 33.0 Å². The lowest BCUT2D eigenvalue weighted by molar-refractivity contribution is -0.153. The van der Waals surface area contributed by atoms with Crippen LogP contribution in [-0.2, 0) is 16.6 Å².